The van der Waals surface area contributed by atoms with Crippen molar-refractivity contribution in [3.8, 4) is 0 Å². The van der Waals surface area contributed by atoms with Crippen LogP contribution in [0.15, 0.2) is 18.2 Å². The Hall–Kier alpha value is -1.17. The molecule has 4 nitrogen and oxygen atoms in total. The largest absolute Gasteiger partial charge is 0.395 e. The van der Waals surface area contributed by atoms with Crippen molar-refractivity contribution in [3.05, 3.63) is 29.6 Å². The molecule has 0 saturated carbocycles. The summed E-state index contributed by atoms with van der Waals surface area (Å²) in [5, 5.41) is 12.0. The summed E-state index contributed by atoms with van der Waals surface area (Å²) in [7, 11) is 1.87. The number of aliphatic hydroxyl groups excluding tert-OH is 1. The van der Waals surface area contributed by atoms with Gasteiger partial charge in [-0.15, -0.1) is 0 Å². The number of hydrogen-bond donors (Lipinski definition) is 2. The van der Waals surface area contributed by atoms with Crippen molar-refractivity contribution in [2.45, 2.75) is 13.0 Å². The molecular weight excluding hydrogens is 257 g/mol. The molecule has 1 unspecified atom stereocenters. The second-order valence-electron chi connectivity index (χ2n) is 5.27. The van der Waals surface area contributed by atoms with Gasteiger partial charge in [-0.2, -0.15) is 0 Å². The van der Waals surface area contributed by atoms with Gasteiger partial charge in [0.05, 0.1) is 12.3 Å². The number of piperazine rings is 1. The Morgan fingerprint density at radius 2 is 2.00 bits per heavy atom. The molecular formula is C15H24FN3O. The second-order valence-corrected chi connectivity index (χ2v) is 5.27. The van der Waals surface area contributed by atoms with E-state index in [0.29, 0.717) is 12.2 Å². The minimum Gasteiger partial charge on any atom is -0.395 e. The first-order valence-electron chi connectivity index (χ1n) is 7.20. The highest BCUT2D eigenvalue weighted by Gasteiger charge is 2.19. The predicted octanol–water partition coefficient (Wildman–Crippen LogP) is 1.22. The third-order valence-electron chi connectivity index (χ3n) is 4.03. The third kappa shape index (κ3) is 3.48. The van der Waals surface area contributed by atoms with E-state index in [1.54, 1.807) is 6.07 Å². The van der Waals surface area contributed by atoms with Crippen LogP contribution in [0.25, 0.3) is 0 Å². The minimum absolute atomic E-state index is 0.153. The number of anilines is 1. The number of hydrogen-bond acceptors (Lipinski definition) is 4. The molecule has 112 valence electrons. The number of nitrogens with one attached hydrogen (secondary N) is 1. The van der Waals surface area contributed by atoms with Gasteiger partial charge in [0.1, 0.15) is 5.82 Å². The van der Waals surface area contributed by atoms with Crippen LogP contribution in [0.2, 0.25) is 0 Å². The topological polar surface area (TPSA) is 38.7 Å². The molecule has 0 spiro atoms. The molecule has 2 N–H and O–H groups in total. The Bertz CT molecular complexity index is 433. The SMILES string of the molecule is CNC(C)c1ccc(N2CCN(CCO)CC2)c(F)c1. The van der Waals surface area contributed by atoms with E-state index >= 15 is 0 Å². The summed E-state index contributed by atoms with van der Waals surface area (Å²) in [6.45, 7) is 6.25. The number of aliphatic hydroxyl groups is 1. The van der Waals surface area contributed by atoms with Crippen LogP contribution in [0, 0.1) is 5.82 Å². The van der Waals surface area contributed by atoms with Gasteiger partial charge in [-0.1, -0.05) is 6.07 Å². The monoisotopic (exact) mass is 281 g/mol. The molecule has 1 aliphatic heterocycles. The van der Waals surface area contributed by atoms with Gasteiger partial charge in [0.15, 0.2) is 0 Å². The van der Waals surface area contributed by atoms with E-state index in [0.717, 1.165) is 31.7 Å². The highest BCUT2D eigenvalue weighted by molar-refractivity contribution is 5.50. The van der Waals surface area contributed by atoms with Gasteiger partial charge in [-0.3, -0.25) is 4.90 Å². The summed E-state index contributed by atoms with van der Waals surface area (Å²) in [6.07, 6.45) is 0. The molecule has 5 heteroatoms. The molecule has 1 fully saturated rings. The molecule has 2 rings (SSSR count). The Balaban J connectivity index is 2.03. The Labute approximate surface area is 120 Å². The fourth-order valence-corrected chi connectivity index (χ4v) is 2.57. The zero-order chi connectivity index (χ0) is 14.5. The van der Waals surface area contributed by atoms with E-state index < -0.39 is 0 Å². The van der Waals surface area contributed by atoms with Crippen molar-refractivity contribution in [1.29, 1.82) is 0 Å². The van der Waals surface area contributed by atoms with Crippen molar-refractivity contribution in [2.75, 3.05) is 51.3 Å². The van der Waals surface area contributed by atoms with Crippen LogP contribution >= 0.6 is 0 Å². The number of rotatable bonds is 5. The lowest BCUT2D eigenvalue weighted by Crippen LogP contribution is -2.47. The smallest absolute Gasteiger partial charge is 0.146 e. The number of halogens is 1. The summed E-state index contributed by atoms with van der Waals surface area (Å²) < 4.78 is 14.3. The van der Waals surface area contributed by atoms with Gasteiger partial charge >= 0.3 is 0 Å². The highest BCUT2D eigenvalue weighted by atomic mass is 19.1. The maximum atomic E-state index is 14.3. The highest BCUT2D eigenvalue weighted by Crippen LogP contribution is 2.24. The van der Waals surface area contributed by atoms with Gasteiger partial charge in [-0.05, 0) is 31.7 Å². The predicted molar refractivity (Wildman–Crippen MR) is 79.6 cm³/mol. The van der Waals surface area contributed by atoms with E-state index in [9.17, 15) is 4.39 Å². The lowest BCUT2D eigenvalue weighted by molar-refractivity contribution is 0.188. The average Bonchev–Trinajstić information content (AvgIpc) is 2.47. The zero-order valence-corrected chi connectivity index (χ0v) is 12.3. The quantitative estimate of drug-likeness (QED) is 0.851. The van der Waals surface area contributed by atoms with Crippen molar-refractivity contribution < 1.29 is 9.50 Å². The molecule has 0 aromatic heterocycles. The molecule has 0 radical (unpaired) electrons. The van der Waals surface area contributed by atoms with Crippen LogP contribution in [0.3, 0.4) is 0 Å². The van der Waals surface area contributed by atoms with Crippen molar-refractivity contribution >= 4 is 5.69 Å². The molecule has 1 aromatic rings. The molecule has 20 heavy (non-hydrogen) atoms. The normalized spacial score (nSPS) is 18.3. The first-order valence-corrected chi connectivity index (χ1v) is 7.20. The fraction of sp³-hybridized carbons (Fsp3) is 0.600. The molecule has 0 amide bonds. The molecule has 1 saturated heterocycles. The lowest BCUT2D eigenvalue weighted by atomic mass is 10.1. The van der Waals surface area contributed by atoms with Crippen LogP contribution in [0.1, 0.15) is 18.5 Å². The van der Waals surface area contributed by atoms with Crippen molar-refractivity contribution in [2.24, 2.45) is 0 Å². The Morgan fingerprint density at radius 3 is 2.55 bits per heavy atom. The first kappa shape index (κ1) is 15.2. The fourth-order valence-electron chi connectivity index (χ4n) is 2.57. The maximum absolute atomic E-state index is 14.3. The van der Waals surface area contributed by atoms with Crippen molar-refractivity contribution in [3.63, 3.8) is 0 Å². The van der Waals surface area contributed by atoms with E-state index in [-0.39, 0.29) is 18.5 Å². The van der Waals surface area contributed by atoms with E-state index in [1.807, 2.05) is 26.1 Å². The van der Waals surface area contributed by atoms with E-state index in [1.165, 1.54) is 0 Å². The number of benzene rings is 1. The van der Waals surface area contributed by atoms with Gasteiger partial charge in [0, 0.05) is 38.8 Å². The Kier molecular flexibility index (Phi) is 5.34. The lowest BCUT2D eigenvalue weighted by Gasteiger charge is -2.36. The van der Waals surface area contributed by atoms with E-state index in [4.69, 9.17) is 5.11 Å². The summed E-state index contributed by atoms with van der Waals surface area (Å²) in [5.41, 5.74) is 1.65. The second kappa shape index (κ2) is 7.02. The summed E-state index contributed by atoms with van der Waals surface area (Å²) in [6, 6.07) is 5.64. The molecule has 1 aliphatic rings. The number of β-amino-alcohol motifs (C(OH)–C–C–N with tert-alkyl or cyclic N) is 1. The molecule has 1 aromatic carbocycles. The van der Waals surface area contributed by atoms with Crippen LogP contribution in [0.5, 0.6) is 0 Å². The maximum Gasteiger partial charge on any atom is 0.146 e. The van der Waals surface area contributed by atoms with Gasteiger partial charge in [0.2, 0.25) is 0 Å². The third-order valence-corrected chi connectivity index (χ3v) is 4.03. The molecule has 0 aliphatic carbocycles. The summed E-state index contributed by atoms with van der Waals surface area (Å²) in [5.74, 6) is -0.153. The summed E-state index contributed by atoms with van der Waals surface area (Å²) >= 11 is 0. The molecule has 0 bridgehead atoms. The summed E-state index contributed by atoms with van der Waals surface area (Å²) in [4.78, 5) is 4.28. The van der Waals surface area contributed by atoms with Gasteiger partial charge in [-0.25, -0.2) is 4.39 Å². The van der Waals surface area contributed by atoms with Crippen molar-refractivity contribution in [1.82, 2.24) is 10.2 Å². The standard InChI is InChI=1S/C15H24FN3O/c1-12(17-2)13-3-4-15(14(16)11-13)19-7-5-18(6-8-19)9-10-20/h3-4,11-12,17,20H,5-10H2,1-2H3. The Morgan fingerprint density at radius 1 is 1.30 bits per heavy atom. The van der Waals surface area contributed by atoms with Crippen LogP contribution in [-0.2, 0) is 0 Å². The van der Waals surface area contributed by atoms with Gasteiger partial charge in [0.25, 0.3) is 0 Å². The van der Waals surface area contributed by atoms with Crippen LogP contribution in [0.4, 0.5) is 10.1 Å². The van der Waals surface area contributed by atoms with Crippen LogP contribution < -0.4 is 10.2 Å². The average molecular weight is 281 g/mol. The minimum atomic E-state index is -0.153. The van der Waals surface area contributed by atoms with Crippen LogP contribution in [-0.4, -0.2) is 56.4 Å². The number of nitrogens with zero attached hydrogens (tertiary/aromatic N) is 2. The molecule has 1 atom stereocenters. The first-order chi connectivity index (χ1) is 9.65. The molecule has 1 heterocycles. The van der Waals surface area contributed by atoms with E-state index in [2.05, 4.69) is 15.1 Å². The zero-order valence-electron chi connectivity index (χ0n) is 12.3. The van der Waals surface area contributed by atoms with Gasteiger partial charge < -0.3 is 15.3 Å².